The molecule has 0 aromatic heterocycles. The van der Waals surface area contributed by atoms with Crippen molar-refractivity contribution in [3.63, 3.8) is 0 Å². The Bertz CT molecular complexity index is 860. The van der Waals surface area contributed by atoms with Gasteiger partial charge in [0.05, 0.1) is 31.5 Å². The molecule has 0 amide bonds. The SMILES string of the molecule is C[C@@H](O)[C@H]1C[C@@H]2SC(N(C)C)=N[C@@H]2[C@@H](OCc2ccccc2)[C@@H]1OCc1ccccc1. The average molecular weight is 441 g/mol. The van der Waals surface area contributed by atoms with Gasteiger partial charge in [-0.3, -0.25) is 4.99 Å². The lowest BCUT2D eigenvalue weighted by atomic mass is 9.78. The summed E-state index contributed by atoms with van der Waals surface area (Å²) in [6.45, 7) is 2.87. The Balaban J connectivity index is 1.59. The standard InChI is InChI=1S/C25H32N2O3S/c1-17(28)20-14-21-22(26-25(31-21)27(2)3)24(30-16-19-12-8-5-9-13-19)23(20)29-15-18-10-6-4-7-11-18/h4-13,17,20-24,28H,14-16H2,1-3H3/t17-,20-,21+,22+,23-,24-/m1/s1. The first-order chi connectivity index (χ1) is 15.0. The monoisotopic (exact) mass is 440 g/mol. The first-order valence-electron chi connectivity index (χ1n) is 10.9. The van der Waals surface area contributed by atoms with Crippen LogP contribution in [-0.2, 0) is 22.7 Å². The number of amidine groups is 1. The van der Waals surface area contributed by atoms with E-state index in [1.807, 2.05) is 57.4 Å². The molecule has 2 aliphatic rings. The third-order valence-corrected chi connectivity index (χ3v) is 7.51. The Morgan fingerprint density at radius 2 is 1.52 bits per heavy atom. The molecule has 166 valence electrons. The number of nitrogens with zero attached hydrogens (tertiary/aromatic N) is 2. The van der Waals surface area contributed by atoms with Crippen LogP contribution in [0.1, 0.15) is 24.5 Å². The maximum atomic E-state index is 10.7. The molecule has 5 nitrogen and oxygen atoms in total. The van der Waals surface area contributed by atoms with Crippen LogP contribution in [0.3, 0.4) is 0 Å². The molecule has 6 heteroatoms. The molecule has 1 heterocycles. The summed E-state index contributed by atoms with van der Waals surface area (Å²) in [7, 11) is 4.05. The van der Waals surface area contributed by atoms with Gasteiger partial charge >= 0.3 is 0 Å². The van der Waals surface area contributed by atoms with E-state index in [-0.39, 0.29) is 29.4 Å². The molecule has 1 saturated carbocycles. The van der Waals surface area contributed by atoms with Crippen LogP contribution in [0.4, 0.5) is 0 Å². The van der Waals surface area contributed by atoms with Crippen LogP contribution in [0.5, 0.6) is 0 Å². The van der Waals surface area contributed by atoms with Crippen LogP contribution in [0.15, 0.2) is 65.7 Å². The van der Waals surface area contributed by atoms with Gasteiger partial charge in [-0.25, -0.2) is 0 Å². The fraction of sp³-hybridized carbons (Fsp3) is 0.480. The Kier molecular flexibility index (Phi) is 7.33. The van der Waals surface area contributed by atoms with E-state index >= 15 is 0 Å². The normalized spacial score (nSPS) is 28.6. The zero-order chi connectivity index (χ0) is 21.8. The highest BCUT2D eigenvalue weighted by Gasteiger charge is 2.51. The lowest BCUT2D eigenvalue weighted by Gasteiger charge is -2.44. The van der Waals surface area contributed by atoms with Gasteiger partial charge in [-0.2, -0.15) is 0 Å². The van der Waals surface area contributed by atoms with Crippen molar-refractivity contribution < 1.29 is 14.6 Å². The fourth-order valence-electron chi connectivity index (χ4n) is 4.40. The Morgan fingerprint density at radius 3 is 2.03 bits per heavy atom. The number of aliphatic imine (C=N–C) groups is 1. The minimum Gasteiger partial charge on any atom is -0.393 e. The zero-order valence-electron chi connectivity index (χ0n) is 18.4. The third kappa shape index (κ3) is 5.32. The average Bonchev–Trinajstić information content (AvgIpc) is 3.22. The van der Waals surface area contributed by atoms with Gasteiger partial charge in [0.1, 0.15) is 6.10 Å². The van der Waals surface area contributed by atoms with E-state index in [0.29, 0.717) is 13.2 Å². The van der Waals surface area contributed by atoms with Crippen molar-refractivity contribution in [2.24, 2.45) is 10.9 Å². The molecule has 1 N–H and O–H groups in total. The van der Waals surface area contributed by atoms with Crippen molar-refractivity contribution >= 4 is 16.9 Å². The minimum absolute atomic E-state index is 0.00468. The van der Waals surface area contributed by atoms with Crippen molar-refractivity contribution in [2.75, 3.05) is 14.1 Å². The van der Waals surface area contributed by atoms with Crippen molar-refractivity contribution in [3.8, 4) is 0 Å². The zero-order valence-corrected chi connectivity index (χ0v) is 19.2. The number of rotatable bonds is 7. The summed E-state index contributed by atoms with van der Waals surface area (Å²) in [5.41, 5.74) is 2.25. The van der Waals surface area contributed by atoms with Gasteiger partial charge in [0.15, 0.2) is 5.17 Å². The minimum atomic E-state index is -0.478. The topological polar surface area (TPSA) is 54.3 Å². The van der Waals surface area contributed by atoms with Crippen molar-refractivity contribution in [3.05, 3.63) is 71.8 Å². The number of thioether (sulfide) groups is 1. The predicted molar refractivity (Wildman–Crippen MR) is 126 cm³/mol. The number of fused-ring (bicyclic) bond motifs is 1. The molecule has 4 rings (SSSR count). The van der Waals surface area contributed by atoms with Crippen LogP contribution < -0.4 is 0 Å². The second-order valence-electron chi connectivity index (χ2n) is 8.62. The van der Waals surface area contributed by atoms with Gasteiger partial charge in [-0.1, -0.05) is 72.4 Å². The quantitative estimate of drug-likeness (QED) is 0.706. The molecule has 0 spiro atoms. The van der Waals surface area contributed by atoms with Crippen LogP contribution in [0, 0.1) is 5.92 Å². The van der Waals surface area contributed by atoms with Crippen LogP contribution in [0.25, 0.3) is 0 Å². The molecule has 6 atom stereocenters. The third-order valence-electron chi connectivity index (χ3n) is 6.06. The Labute approximate surface area is 189 Å². The smallest absolute Gasteiger partial charge is 0.159 e. The summed E-state index contributed by atoms with van der Waals surface area (Å²) in [5, 5.41) is 12.0. The van der Waals surface area contributed by atoms with E-state index in [4.69, 9.17) is 14.5 Å². The molecule has 2 aromatic rings. The van der Waals surface area contributed by atoms with E-state index in [0.717, 1.165) is 22.7 Å². The molecule has 1 aliphatic carbocycles. The van der Waals surface area contributed by atoms with E-state index < -0.39 is 6.10 Å². The number of hydrogen-bond acceptors (Lipinski definition) is 6. The highest BCUT2D eigenvalue weighted by atomic mass is 32.2. The van der Waals surface area contributed by atoms with E-state index in [1.165, 1.54) is 0 Å². The number of aliphatic hydroxyl groups is 1. The second-order valence-corrected chi connectivity index (χ2v) is 9.82. The van der Waals surface area contributed by atoms with E-state index in [2.05, 4.69) is 29.2 Å². The lowest BCUT2D eigenvalue weighted by molar-refractivity contribution is -0.150. The summed E-state index contributed by atoms with van der Waals surface area (Å²) in [6, 6.07) is 20.4. The number of ether oxygens (including phenoxy) is 2. The first kappa shape index (κ1) is 22.3. The molecule has 0 bridgehead atoms. The highest BCUT2D eigenvalue weighted by Crippen LogP contribution is 2.44. The molecule has 1 fully saturated rings. The number of hydrogen-bond donors (Lipinski definition) is 1. The summed E-state index contributed by atoms with van der Waals surface area (Å²) in [6.07, 6.45) is -0.0600. The van der Waals surface area contributed by atoms with Crippen LogP contribution in [-0.4, -0.2) is 58.9 Å². The molecule has 2 aromatic carbocycles. The van der Waals surface area contributed by atoms with Gasteiger partial charge in [0.2, 0.25) is 0 Å². The summed E-state index contributed by atoms with van der Waals surface area (Å²) < 4.78 is 13.0. The van der Waals surface area contributed by atoms with Gasteiger partial charge in [0.25, 0.3) is 0 Å². The van der Waals surface area contributed by atoms with Gasteiger partial charge < -0.3 is 19.5 Å². The van der Waals surface area contributed by atoms with Crippen LogP contribution in [0.2, 0.25) is 0 Å². The molecule has 31 heavy (non-hydrogen) atoms. The van der Waals surface area contributed by atoms with Gasteiger partial charge in [-0.15, -0.1) is 0 Å². The molecule has 0 unspecified atom stereocenters. The van der Waals surface area contributed by atoms with Crippen molar-refractivity contribution in [2.45, 2.75) is 56.2 Å². The lowest BCUT2D eigenvalue weighted by Crippen LogP contribution is -2.55. The molecule has 1 aliphatic heterocycles. The summed E-state index contributed by atoms with van der Waals surface area (Å²) >= 11 is 1.80. The Morgan fingerprint density at radius 1 is 0.968 bits per heavy atom. The summed E-state index contributed by atoms with van der Waals surface area (Å²) in [5.74, 6) is -0.00468. The maximum absolute atomic E-state index is 10.7. The highest BCUT2D eigenvalue weighted by molar-refractivity contribution is 8.14. The maximum Gasteiger partial charge on any atom is 0.159 e. The van der Waals surface area contributed by atoms with E-state index in [9.17, 15) is 5.11 Å². The van der Waals surface area contributed by atoms with Crippen molar-refractivity contribution in [1.29, 1.82) is 0 Å². The molecule has 0 radical (unpaired) electrons. The second kappa shape index (κ2) is 10.2. The molecular formula is C25H32N2O3S. The van der Waals surface area contributed by atoms with Gasteiger partial charge in [0, 0.05) is 25.3 Å². The van der Waals surface area contributed by atoms with Crippen molar-refractivity contribution in [1.82, 2.24) is 4.90 Å². The largest absolute Gasteiger partial charge is 0.393 e. The van der Waals surface area contributed by atoms with Crippen LogP contribution >= 0.6 is 11.8 Å². The van der Waals surface area contributed by atoms with E-state index in [1.54, 1.807) is 11.8 Å². The predicted octanol–water partition coefficient (Wildman–Crippen LogP) is 3.96. The van der Waals surface area contributed by atoms with Gasteiger partial charge in [-0.05, 0) is 24.5 Å². The molecular weight excluding hydrogens is 408 g/mol. The fourth-order valence-corrected chi connectivity index (χ4v) is 5.73. The molecule has 0 saturated heterocycles. The Hall–Kier alpha value is -1.86. The first-order valence-corrected chi connectivity index (χ1v) is 11.8. The number of aliphatic hydroxyl groups excluding tert-OH is 1. The summed E-state index contributed by atoms with van der Waals surface area (Å²) in [4.78, 5) is 7.09. The number of benzene rings is 2.